The number of benzene rings is 2. The predicted octanol–water partition coefficient (Wildman–Crippen LogP) is 4.47. The van der Waals surface area contributed by atoms with Crippen LogP contribution in [0.15, 0.2) is 59.1 Å². The molecule has 0 unspecified atom stereocenters. The Morgan fingerprint density at radius 2 is 2.00 bits per heavy atom. The quantitative estimate of drug-likeness (QED) is 0.743. The molecule has 0 fully saturated rings. The number of nitrogens with zero attached hydrogens (tertiary/aromatic N) is 1. The van der Waals surface area contributed by atoms with E-state index in [2.05, 4.69) is 10.5 Å². The number of amides is 1. The fourth-order valence-corrected chi connectivity index (χ4v) is 2.27. The highest BCUT2D eigenvalue weighted by molar-refractivity contribution is 6.31. The van der Waals surface area contributed by atoms with Crippen LogP contribution in [0.25, 0.3) is 0 Å². The van der Waals surface area contributed by atoms with E-state index in [0.717, 1.165) is 11.1 Å². The van der Waals surface area contributed by atoms with Gasteiger partial charge in [0, 0.05) is 10.7 Å². The van der Waals surface area contributed by atoms with Gasteiger partial charge in [-0.1, -0.05) is 48.0 Å². The van der Waals surface area contributed by atoms with Gasteiger partial charge in [0.25, 0.3) is 11.8 Å². The summed E-state index contributed by atoms with van der Waals surface area (Å²) >= 11 is 6.04. The molecule has 2 aromatic carbocycles. The Balaban J connectivity index is 1.64. The van der Waals surface area contributed by atoms with Crippen molar-refractivity contribution in [3.05, 3.63) is 76.5 Å². The topological polar surface area (TPSA) is 64.4 Å². The Morgan fingerprint density at radius 1 is 1.21 bits per heavy atom. The number of carbonyl (C=O) groups is 1. The Bertz CT molecular complexity index is 846. The summed E-state index contributed by atoms with van der Waals surface area (Å²) < 4.78 is 10.5. The van der Waals surface area contributed by atoms with Crippen LogP contribution in [0.1, 0.15) is 21.7 Å². The number of ether oxygens (including phenoxy) is 1. The van der Waals surface area contributed by atoms with Crippen molar-refractivity contribution in [2.75, 3.05) is 5.32 Å². The van der Waals surface area contributed by atoms with Gasteiger partial charge in [-0.3, -0.25) is 4.79 Å². The first-order valence-corrected chi connectivity index (χ1v) is 7.71. The Labute approximate surface area is 144 Å². The van der Waals surface area contributed by atoms with Crippen molar-refractivity contribution in [3.8, 4) is 5.88 Å². The highest BCUT2D eigenvalue weighted by atomic mass is 35.5. The lowest BCUT2D eigenvalue weighted by Gasteiger charge is -2.07. The molecule has 0 atom stereocenters. The maximum Gasteiger partial charge on any atom is 0.294 e. The molecule has 3 rings (SSSR count). The molecule has 5 nitrogen and oxygen atoms in total. The van der Waals surface area contributed by atoms with Crippen molar-refractivity contribution in [2.45, 2.75) is 13.5 Å². The zero-order chi connectivity index (χ0) is 16.9. The number of carbonyl (C=O) groups excluding carboxylic acids is 1. The third-order valence-electron chi connectivity index (χ3n) is 3.46. The molecule has 0 spiro atoms. The van der Waals surface area contributed by atoms with Gasteiger partial charge in [-0.15, -0.1) is 0 Å². The highest BCUT2D eigenvalue weighted by Gasteiger charge is 2.15. The molecule has 0 saturated heterocycles. The second kappa shape index (κ2) is 7.19. The molecule has 6 heteroatoms. The largest absolute Gasteiger partial charge is 0.471 e. The fourth-order valence-electron chi connectivity index (χ4n) is 2.09. The average Bonchev–Trinajstić information content (AvgIpc) is 3.07. The van der Waals surface area contributed by atoms with E-state index < -0.39 is 5.91 Å². The van der Waals surface area contributed by atoms with E-state index in [1.807, 2.05) is 37.3 Å². The standard InChI is InChI=1S/C18H15ClN2O3/c1-12-14(19)8-5-9-15(12)20-18(22)16-10-17(21-24-16)23-11-13-6-3-2-4-7-13/h2-10H,11H2,1H3,(H,20,22). The molecule has 0 aliphatic rings. The summed E-state index contributed by atoms with van der Waals surface area (Å²) in [5, 5.41) is 7.07. The lowest BCUT2D eigenvalue weighted by atomic mass is 10.2. The van der Waals surface area contributed by atoms with Crippen molar-refractivity contribution < 1.29 is 14.1 Å². The van der Waals surface area contributed by atoms with Crippen LogP contribution in [0.3, 0.4) is 0 Å². The van der Waals surface area contributed by atoms with E-state index in [1.165, 1.54) is 6.07 Å². The van der Waals surface area contributed by atoms with Crippen LogP contribution in [0.5, 0.6) is 5.88 Å². The summed E-state index contributed by atoms with van der Waals surface area (Å²) in [5.74, 6) is -0.0910. The smallest absolute Gasteiger partial charge is 0.294 e. The van der Waals surface area contributed by atoms with E-state index in [9.17, 15) is 4.79 Å². The molecule has 24 heavy (non-hydrogen) atoms. The molecule has 1 heterocycles. The number of rotatable bonds is 5. The molecule has 0 aliphatic carbocycles. The molecule has 1 amide bonds. The van der Waals surface area contributed by atoms with Crippen molar-refractivity contribution >= 4 is 23.2 Å². The minimum atomic E-state index is -0.414. The Kier molecular flexibility index (Phi) is 4.82. The van der Waals surface area contributed by atoms with E-state index >= 15 is 0 Å². The van der Waals surface area contributed by atoms with Gasteiger partial charge in [-0.2, -0.15) is 0 Å². The minimum Gasteiger partial charge on any atom is -0.471 e. The van der Waals surface area contributed by atoms with E-state index in [1.54, 1.807) is 18.2 Å². The maximum atomic E-state index is 12.2. The summed E-state index contributed by atoms with van der Waals surface area (Å²) in [5.41, 5.74) is 2.41. The third-order valence-corrected chi connectivity index (χ3v) is 3.87. The van der Waals surface area contributed by atoms with Crippen LogP contribution < -0.4 is 10.1 Å². The van der Waals surface area contributed by atoms with Gasteiger partial charge in [0.1, 0.15) is 6.61 Å². The molecule has 0 aliphatic heterocycles. The first-order valence-electron chi connectivity index (χ1n) is 7.33. The SMILES string of the molecule is Cc1c(Cl)cccc1NC(=O)c1cc(OCc2ccccc2)no1. The van der Waals surface area contributed by atoms with Crippen molar-refractivity contribution in [1.82, 2.24) is 5.16 Å². The number of hydrogen-bond donors (Lipinski definition) is 1. The summed E-state index contributed by atoms with van der Waals surface area (Å²) in [6.07, 6.45) is 0. The van der Waals surface area contributed by atoms with Crippen LogP contribution >= 0.6 is 11.6 Å². The van der Waals surface area contributed by atoms with Gasteiger partial charge >= 0.3 is 0 Å². The maximum absolute atomic E-state index is 12.2. The molecule has 0 saturated carbocycles. The molecular weight excluding hydrogens is 328 g/mol. The predicted molar refractivity (Wildman–Crippen MR) is 91.4 cm³/mol. The summed E-state index contributed by atoms with van der Waals surface area (Å²) in [6.45, 7) is 2.18. The van der Waals surface area contributed by atoms with Crippen molar-refractivity contribution in [3.63, 3.8) is 0 Å². The van der Waals surface area contributed by atoms with Crippen LogP contribution in [0, 0.1) is 6.92 Å². The first-order chi connectivity index (χ1) is 11.6. The van der Waals surface area contributed by atoms with E-state index in [4.69, 9.17) is 20.9 Å². The minimum absolute atomic E-state index is 0.0671. The zero-order valence-electron chi connectivity index (χ0n) is 13.0. The van der Waals surface area contributed by atoms with Gasteiger partial charge in [0.15, 0.2) is 0 Å². The number of hydrogen-bond acceptors (Lipinski definition) is 4. The number of halogens is 1. The molecule has 3 aromatic rings. The van der Waals surface area contributed by atoms with E-state index in [-0.39, 0.29) is 11.6 Å². The van der Waals surface area contributed by atoms with Gasteiger partial charge in [0.2, 0.25) is 5.76 Å². The zero-order valence-corrected chi connectivity index (χ0v) is 13.7. The first kappa shape index (κ1) is 16.1. The van der Waals surface area contributed by atoms with Crippen LogP contribution in [-0.4, -0.2) is 11.1 Å². The van der Waals surface area contributed by atoms with Crippen LogP contribution in [-0.2, 0) is 6.61 Å². The van der Waals surface area contributed by atoms with Gasteiger partial charge < -0.3 is 14.6 Å². The van der Waals surface area contributed by atoms with Gasteiger partial charge in [-0.25, -0.2) is 0 Å². The monoisotopic (exact) mass is 342 g/mol. The lowest BCUT2D eigenvalue weighted by Crippen LogP contribution is -2.11. The third kappa shape index (κ3) is 3.75. The van der Waals surface area contributed by atoms with Gasteiger partial charge in [0.05, 0.1) is 6.07 Å². The second-order valence-electron chi connectivity index (χ2n) is 5.17. The van der Waals surface area contributed by atoms with Crippen LogP contribution in [0.4, 0.5) is 5.69 Å². The summed E-state index contributed by atoms with van der Waals surface area (Å²) in [7, 11) is 0. The fraction of sp³-hybridized carbons (Fsp3) is 0.111. The van der Waals surface area contributed by atoms with Crippen LogP contribution in [0.2, 0.25) is 5.02 Å². The van der Waals surface area contributed by atoms with E-state index in [0.29, 0.717) is 17.3 Å². The number of aromatic nitrogens is 1. The summed E-state index contributed by atoms with van der Waals surface area (Å²) in [6, 6.07) is 16.4. The Morgan fingerprint density at radius 3 is 2.79 bits per heavy atom. The molecule has 1 N–H and O–H groups in total. The van der Waals surface area contributed by atoms with Gasteiger partial charge in [-0.05, 0) is 35.3 Å². The molecular formula is C18H15ClN2O3. The van der Waals surface area contributed by atoms with Crippen molar-refractivity contribution in [1.29, 1.82) is 0 Å². The molecule has 1 aromatic heterocycles. The highest BCUT2D eigenvalue weighted by Crippen LogP contribution is 2.24. The number of nitrogens with one attached hydrogen (secondary N) is 1. The van der Waals surface area contributed by atoms with Crippen molar-refractivity contribution in [2.24, 2.45) is 0 Å². The second-order valence-corrected chi connectivity index (χ2v) is 5.58. The average molecular weight is 343 g/mol. The molecule has 0 radical (unpaired) electrons. The molecule has 0 bridgehead atoms. The normalized spacial score (nSPS) is 10.4. The molecule has 122 valence electrons. The Hall–Kier alpha value is -2.79. The summed E-state index contributed by atoms with van der Waals surface area (Å²) in [4.78, 5) is 12.2. The number of anilines is 1. The lowest BCUT2D eigenvalue weighted by molar-refractivity contribution is 0.0987.